The van der Waals surface area contributed by atoms with Crippen molar-refractivity contribution in [1.29, 1.82) is 0 Å². The minimum atomic E-state index is -1.74. The second-order valence-corrected chi connectivity index (χ2v) is 2.30. The summed E-state index contributed by atoms with van der Waals surface area (Å²) in [7, 11) is -1.74. The van der Waals surface area contributed by atoms with Crippen molar-refractivity contribution in [3.63, 3.8) is 0 Å². The Kier molecular flexibility index (Phi) is 3.54. The molecule has 0 N–H and O–H groups in total. The molecule has 13 heavy (non-hydrogen) atoms. The summed E-state index contributed by atoms with van der Waals surface area (Å²) in [4.78, 5) is 16.6. The van der Waals surface area contributed by atoms with E-state index < -0.39 is 7.12 Å². The van der Waals surface area contributed by atoms with Gasteiger partial charge in [0.05, 0.1) is 0 Å². The van der Waals surface area contributed by atoms with Crippen molar-refractivity contribution in [2.45, 2.75) is 0 Å². The molecule has 0 aromatic heterocycles. The molecule has 0 saturated heterocycles. The Hall–Kier alpha value is -1.27. The SMILES string of the molecule is O=Cc1cccc(B(OF)OF)c1. The third-order valence-corrected chi connectivity index (χ3v) is 1.48. The first kappa shape index (κ1) is 9.82. The topological polar surface area (TPSA) is 35.5 Å². The molecular weight excluding hydrogens is 181 g/mol. The molecule has 68 valence electrons. The summed E-state index contributed by atoms with van der Waals surface area (Å²) in [6.07, 6.45) is 0.553. The highest BCUT2D eigenvalue weighted by Crippen LogP contribution is 1.97. The van der Waals surface area contributed by atoms with Crippen LogP contribution >= 0.6 is 0 Å². The maximum Gasteiger partial charge on any atom is 0.568 e. The molecule has 0 amide bonds. The summed E-state index contributed by atoms with van der Waals surface area (Å²) in [5.74, 6) is 0. The highest BCUT2D eigenvalue weighted by Gasteiger charge is 2.24. The Morgan fingerprint density at radius 1 is 1.31 bits per heavy atom. The van der Waals surface area contributed by atoms with Crippen LogP contribution in [-0.2, 0) is 9.72 Å². The van der Waals surface area contributed by atoms with E-state index in [4.69, 9.17) is 0 Å². The number of rotatable bonds is 4. The Morgan fingerprint density at radius 3 is 2.54 bits per heavy atom. The number of carbonyl (C=O) groups is 1. The van der Waals surface area contributed by atoms with Crippen LogP contribution < -0.4 is 5.46 Å². The summed E-state index contributed by atoms with van der Waals surface area (Å²) < 4.78 is 23.3. The monoisotopic (exact) mass is 186 g/mol. The van der Waals surface area contributed by atoms with Crippen LogP contribution in [-0.4, -0.2) is 13.4 Å². The van der Waals surface area contributed by atoms with E-state index in [1.807, 2.05) is 0 Å². The number of aldehydes is 1. The van der Waals surface area contributed by atoms with E-state index >= 15 is 0 Å². The number of hydrogen-bond acceptors (Lipinski definition) is 3. The lowest BCUT2D eigenvalue weighted by Crippen LogP contribution is -2.32. The van der Waals surface area contributed by atoms with Crippen LogP contribution in [0.25, 0.3) is 0 Å². The molecule has 0 saturated carbocycles. The minimum absolute atomic E-state index is 0.0922. The van der Waals surface area contributed by atoms with E-state index in [0.29, 0.717) is 6.29 Å². The zero-order valence-corrected chi connectivity index (χ0v) is 6.44. The first-order valence-electron chi connectivity index (χ1n) is 3.41. The van der Waals surface area contributed by atoms with Gasteiger partial charge in [0.25, 0.3) is 0 Å². The molecule has 0 atom stereocenters. The van der Waals surface area contributed by atoms with Gasteiger partial charge in [0.15, 0.2) is 0 Å². The Morgan fingerprint density at radius 2 is 2.00 bits per heavy atom. The van der Waals surface area contributed by atoms with E-state index in [1.165, 1.54) is 24.3 Å². The lowest BCUT2D eigenvalue weighted by atomic mass is 9.79. The van der Waals surface area contributed by atoms with Crippen LogP contribution in [0.15, 0.2) is 24.3 Å². The lowest BCUT2D eigenvalue weighted by molar-refractivity contribution is -0.100. The van der Waals surface area contributed by atoms with Crippen molar-refractivity contribution >= 4 is 18.9 Å². The van der Waals surface area contributed by atoms with Gasteiger partial charge in [0.1, 0.15) is 6.29 Å². The third kappa shape index (κ3) is 2.33. The van der Waals surface area contributed by atoms with Gasteiger partial charge in [-0.3, -0.25) is 4.79 Å². The maximum atomic E-state index is 11.6. The molecule has 1 aromatic carbocycles. The fourth-order valence-corrected chi connectivity index (χ4v) is 0.896. The van der Waals surface area contributed by atoms with E-state index in [9.17, 15) is 13.8 Å². The molecular formula is C7H5BF2O3. The molecule has 0 aliphatic heterocycles. The van der Waals surface area contributed by atoms with Crippen molar-refractivity contribution in [3.8, 4) is 0 Å². The van der Waals surface area contributed by atoms with Gasteiger partial charge in [-0.05, 0) is 5.46 Å². The average molecular weight is 186 g/mol. The van der Waals surface area contributed by atoms with E-state index in [1.54, 1.807) is 0 Å². The van der Waals surface area contributed by atoms with Crippen LogP contribution in [0.5, 0.6) is 0 Å². The summed E-state index contributed by atoms with van der Waals surface area (Å²) in [6.45, 7) is 0. The number of carbonyl (C=O) groups excluding carboxylic acids is 1. The van der Waals surface area contributed by atoms with Gasteiger partial charge < -0.3 is 0 Å². The predicted octanol–water partition coefficient (Wildman–Crippen LogP) is 0.996. The van der Waals surface area contributed by atoms with Crippen molar-refractivity contribution < 1.29 is 23.6 Å². The maximum absolute atomic E-state index is 11.6. The summed E-state index contributed by atoms with van der Waals surface area (Å²) in [6, 6.07) is 5.59. The summed E-state index contributed by atoms with van der Waals surface area (Å²) in [5, 5.41) is 0. The molecule has 0 unspecified atom stereocenters. The number of halogens is 2. The molecule has 6 heteroatoms. The van der Waals surface area contributed by atoms with Crippen molar-refractivity contribution in [2.24, 2.45) is 0 Å². The molecule has 0 bridgehead atoms. The molecule has 0 radical (unpaired) electrons. The van der Waals surface area contributed by atoms with Gasteiger partial charge in [-0.2, -0.15) is 0 Å². The zero-order valence-electron chi connectivity index (χ0n) is 6.44. The summed E-state index contributed by atoms with van der Waals surface area (Å²) in [5.41, 5.74) is 0.381. The highest BCUT2D eigenvalue weighted by atomic mass is 19.3. The van der Waals surface area contributed by atoms with Gasteiger partial charge in [-0.1, -0.05) is 33.3 Å². The molecule has 0 spiro atoms. The van der Waals surface area contributed by atoms with Crippen molar-refractivity contribution in [3.05, 3.63) is 29.8 Å². The van der Waals surface area contributed by atoms with E-state index in [0.717, 1.165) is 0 Å². The average Bonchev–Trinajstić information content (AvgIpc) is 2.20. The van der Waals surface area contributed by atoms with Gasteiger partial charge in [-0.15, -0.1) is 0 Å². The highest BCUT2D eigenvalue weighted by molar-refractivity contribution is 6.60. The summed E-state index contributed by atoms with van der Waals surface area (Å²) >= 11 is 0. The molecule has 0 heterocycles. The van der Waals surface area contributed by atoms with Crippen LogP contribution in [0.2, 0.25) is 0 Å². The first-order valence-corrected chi connectivity index (χ1v) is 3.41. The normalized spacial score (nSPS) is 9.69. The van der Waals surface area contributed by atoms with Crippen molar-refractivity contribution in [2.75, 3.05) is 0 Å². The Balaban J connectivity index is 2.92. The van der Waals surface area contributed by atoms with Crippen molar-refractivity contribution in [1.82, 2.24) is 0 Å². The molecule has 1 rings (SSSR count). The number of hydrogen-bond donors (Lipinski definition) is 0. The van der Waals surface area contributed by atoms with E-state index in [2.05, 4.69) is 9.72 Å². The molecule has 0 aliphatic carbocycles. The van der Waals surface area contributed by atoms with E-state index in [-0.39, 0.29) is 11.0 Å². The first-order chi connectivity index (χ1) is 6.31. The fourth-order valence-electron chi connectivity index (χ4n) is 0.896. The Bertz CT molecular complexity index is 291. The predicted molar refractivity (Wildman–Crippen MR) is 41.6 cm³/mol. The van der Waals surface area contributed by atoms with Gasteiger partial charge in [0.2, 0.25) is 0 Å². The zero-order chi connectivity index (χ0) is 9.68. The van der Waals surface area contributed by atoms with Gasteiger partial charge in [0, 0.05) is 5.56 Å². The standard InChI is InChI=1S/C7H5BF2O3/c9-12-8(13-10)7-3-1-2-6(4-7)5-11/h1-5H. The van der Waals surface area contributed by atoms with Gasteiger partial charge >= 0.3 is 7.12 Å². The van der Waals surface area contributed by atoms with Crippen LogP contribution in [0.4, 0.5) is 9.05 Å². The quantitative estimate of drug-likeness (QED) is 0.519. The number of benzene rings is 1. The second-order valence-electron chi connectivity index (χ2n) is 2.30. The van der Waals surface area contributed by atoms with Crippen LogP contribution in [0.3, 0.4) is 0 Å². The third-order valence-electron chi connectivity index (χ3n) is 1.48. The lowest BCUT2D eigenvalue weighted by Gasteiger charge is -2.01. The molecule has 0 aliphatic rings. The fraction of sp³-hybridized carbons (Fsp3) is 0. The Labute approximate surface area is 73.2 Å². The second kappa shape index (κ2) is 4.69. The molecule has 3 nitrogen and oxygen atoms in total. The minimum Gasteiger partial charge on any atom is -0.298 e. The largest absolute Gasteiger partial charge is 0.568 e. The smallest absolute Gasteiger partial charge is 0.298 e. The molecule has 0 fully saturated rings. The van der Waals surface area contributed by atoms with Crippen LogP contribution in [0, 0.1) is 0 Å². The van der Waals surface area contributed by atoms with Gasteiger partial charge in [-0.25, -0.2) is 9.72 Å². The molecule has 1 aromatic rings. The van der Waals surface area contributed by atoms with Crippen LogP contribution in [0.1, 0.15) is 10.4 Å².